The first-order valence-corrected chi connectivity index (χ1v) is 13.0. The van der Waals surface area contributed by atoms with E-state index in [1.54, 1.807) is 33.6 Å². The van der Waals surface area contributed by atoms with Crippen LogP contribution in [0.15, 0.2) is 103 Å². The molecule has 3 aromatic carbocycles. The number of anilines is 2. The van der Waals surface area contributed by atoms with Gasteiger partial charge in [-0.1, -0.05) is 65.3 Å². The molecule has 10 nitrogen and oxygen atoms in total. The van der Waals surface area contributed by atoms with Crippen LogP contribution in [0.4, 0.5) is 11.6 Å². The molecule has 1 unspecified atom stereocenters. The van der Waals surface area contributed by atoms with Crippen LogP contribution in [0.1, 0.15) is 29.8 Å². The zero-order valence-corrected chi connectivity index (χ0v) is 22.3. The van der Waals surface area contributed by atoms with E-state index < -0.39 is 6.04 Å². The fourth-order valence-corrected chi connectivity index (χ4v) is 4.80. The average Bonchev–Trinajstić information content (AvgIpc) is 3.61. The first kappa shape index (κ1) is 25.3. The van der Waals surface area contributed by atoms with E-state index in [1.807, 2.05) is 67.7 Å². The van der Waals surface area contributed by atoms with Crippen molar-refractivity contribution in [1.29, 1.82) is 0 Å². The van der Waals surface area contributed by atoms with Crippen LogP contribution in [-0.4, -0.2) is 35.7 Å². The van der Waals surface area contributed by atoms with E-state index in [2.05, 4.69) is 31.0 Å². The number of rotatable bonds is 8. The number of ether oxygens (including phenoxy) is 1. The van der Waals surface area contributed by atoms with Crippen molar-refractivity contribution in [2.75, 3.05) is 10.6 Å². The molecule has 0 radical (unpaired) electrons. The summed E-state index contributed by atoms with van der Waals surface area (Å²) >= 11 is 6.11. The number of carbonyl (C=O) groups excluding carboxylic acids is 1. The molecule has 0 aliphatic carbocycles. The average molecular weight is 553 g/mol. The van der Waals surface area contributed by atoms with Crippen molar-refractivity contribution in [1.82, 2.24) is 29.8 Å². The summed E-state index contributed by atoms with van der Waals surface area (Å²) in [6.45, 7) is 2.77. The number of amides is 1. The van der Waals surface area contributed by atoms with Gasteiger partial charge in [0, 0.05) is 16.4 Å². The van der Waals surface area contributed by atoms with Gasteiger partial charge in [0.15, 0.2) is 0 Å². The van der Waals surface area contributed by atoms with Crippen molar-refractivity contribution in [2.45, 2.75) is 26.1 Å². The Bertz CT molecular complexity index is 1680. The van der Waals surface area contributed by atoms with Gasteiger partial charge in [-0.05, 0) is 48.4 Å². The Hall–Kier alpha value is -4.96. The van der Waals surface area contributed by atoms with E-state index in [1.165, 1.54) is 6.33 Å². The van der Waals surface area contributed by atoms with Crippen LogP contribution in [0.2, 0.25) is 5.02 Å². The van der Waals surface area contributed by atoms with Crippen molar-refractivity contribution >= 4 is 29.1 Å². The summed E-state index contributed by atoms with van der Waals surface area (Å²) in [5.74, 6) is 0.956. The fourth-order valence-electron chi connectivity index (χ4n) is 4.61. The molecular weight excluding hydrogens is 528 g/mol. The predicted octanol–water partition coefficient (Wildman–Crippen LogP) is 5.08. The summed E-state index contributed by atoms with van der Waals surface area (Å²) in [7, 11) is 0. The highest BCUT2D eigenvalue weighted by atomic mass is 35.5. The van der Waals surface area contributed by atoms with Crippen molar-refractivity contribution in [3.8, 4) is 5.75 Å². The first-order valence-electron chi connectivity index (χ1n) is 12.6. The fraction of sp³-hybridized carbons (Fsp3) is 0.138. The number of carbonyl (C=O) groups is 1. The minimum atomic E-state index is -0.495. The van der Waals surface area contributed by atoms with Gasteiger partial charge in [0.25, 0.3) is 5.91 Å². The van der Waals surface area contributed by atoms with E-state index in [-0.39, 0.29) is 12.5 Å². The molecule has 0 bridgehead atoms. The lowest BCUT2D eigenvalue weighted by Crippen LogP contribution is -2.31. The summed E-state index contributed by atoms with van der Waals surface area (Å²) < 4.78 is 9.45. The maximum Gasteiger partial charge on any atom is 0.255 e. The molecule has 2 N–H and O–H groups in total. The third-order valence-electron chi connectivity index (χ3n) is 6.48. The number of fused-ring (bicyclic) bond motifs is 1. The zero-order chi connectivity index (χ0) is 27.5. The third-order valence-corrected chi connectivity index (χ3v) is 6.71. The summed E-state index contributed by atoms with van der Waals surface area (Å²) in [6.07, 6.45) is 3.34. The van der Waals surface area contributed by atoms with E-state index >= 15 is 0 Å². The molecule has 1 atom stereocenters. The molecule has 3 heterocycles. The van der Waals surface area contributed by atoms with Crippen LogP contribution in [0.25, 0.3) is 0 Å². The Labute approximate surface area is 235 Å². The number of aromatic nitrogens is 6. The Kier molecular flexibility index (Phi) is 6.98. The lowest BCUT2D eigenvalue weighted by Gasteiger charge is -2.28. The minimum Gasteiger partial charge on any atom is -0.487 e. The lowest BCUT2D eigenvalue weighted by atomic mass is 9.95. The van der Waals surface area contributed by atoms with Crippen molar-refractivity contribution < 1.29 is 9.53 Å². The smallest absolute Gasteiger partial charge is 0.255 e. The molecule has 6 rings (SSSR count). The van der Waals surface area contributed by atoms with Crippen LogP contribution in [-0.2, 0) is 17.9 Å². The number of nitrogens with zero attached hydrogens (tertiary/aromatic N) is 6. The van der Waals surface area contributed by atoms with Gasteiger partial charge in [-0.2, -0.15) is 10.1 Å². The van der Waals surface area contributed by atoms with Crippen LogP contribution in [0.5, 0.6) is 5.75 Å². The molecule has 5 aromatic rings. The topological polar surface area (TPSA) is 112 Å². The van der Waals surface area contributed by atoms with Gasteiger partial charge in [-0.15, -0.1) is 5.10 Å². The van der Waals surface area contributed by atoms with Gasteiger partial charge in [-0.3, -0.25) is 4.79 Å². The minimum absolute atomic E-state index is 0.266. The van der Waals surface area contributed by atoms with Crippen LogP contribution < -0.4 is 15.4 Å². The largest absolute Gasteiger partial charge is 0.487 e. The first-order chi connectivity index (χ1) is 19.5. The summed E-state index contributed by atoms with van der Waals surface area (Å²) in [5.41, 5.74) is 4.53. The Morgan fingerprint density at radius 1 is 1.07 bits per heavy atom. The molecule has 0 fully saturated rings. The highest BCUT2D eigenvalue weighted by Gasteiger charge is 2.33. The number of halogens is 1. The lowest BCUT2D eigenvalue weighted by molar-refractivity contribution is -0.113. The Morgan fingerprint density at radius 2 is 1.90 bits per heavy atom. The standard InChI is InChI=1S/C29H25ClN8O2/c1-19-26(28(39)34-23-9-5-8-22(30)14-23)27(38-29(33-19)31-18-32-38)21-10-12-25(13-11-21)40-17-24-16-37(36-35-24)15-20-6-3-2-4-7-20/h2-14,16,18,27H,15,17H2,1H3,(H,34,39)(H,31,32,33). The molecule has 1 aliphatic heterocycles. The number of hydrogen-bond donors (Lipinski definition) is 2. The third kappa shape index (κ3) is 5.43. The molecule has 0 saturated heterocycles. The van der Waals surface area contributed by atoms with Crippen molar-refractivity contribution in [3.63, 3.8) is 0 Å². The Morgan fingerprint density at radius 3 is 2.70 bits per heavy atom. The molecule has 40 heavy (non-hydrogen) atoms. The summed E-state index contributed by atoms with van der Waals surface area (Å²) in [4.78, 5) is 17.8. The predicted molar refractivity (Wildman–Crippen MR) is 151 cm³/mol. The van der Waals surface area contributed by atoms with Gasteiger partial charge in [0.1, 0.15) is 30.4 Å². The van der Waals surface area contributed by atoms with Gasteiger partial charge in [0.2, 0.25) is 5.95 Å². The summed E-state index contributed by atoms with van der Waals surface area (Å²) in [5, 5.41) is 19.5. The van der Waals surface area contributed by atoms with Crippen LogP contribution >= 0.6 is 11.6 Å². The summed E-state index contributed by atoms with van der Waals surface area (Å²) in [6, 6.07) is 24.2. The monoisotopic (exact) mass is 552 g/mol. The van der Waals surface area contributed by atoms with Gasteiger partial charge in [0.05, 0.1) is 18.3 Å². The quantitative estimate of drug-likeness (QED) is 0.276. The van der Waals surface area contributed by atoms with E-state index in [0.717, 1.165) is 16.8 Å². The molecule has 2 aromatic heterocycles. The molecule has 0 spiro atoms. The SMILES string of the molecule is CC1=C(C(=O)Nc2cccc(Cl)c2)C(c2ccc(OCc3cn(Cc4ccccc4)nn3)cc2)n2ncnc2N1. The van der Waals surface area contributed by atoms with E-state index in [4.69, 9.17) is 16.3 Å². The molecule has 0 saturated carbocycles. The number of nitrogens with one attached hydrogen (secondary N) is 2. The van der Waals surface area contributed by atoms with Gasteiger partial charge >= 0.3 is 0 Å². The second kappa shape index (κ2) is 11.0. The normalized spacial score (nSPS) is 14.4. The molecule has 200 valence electrons. The number of benzene rings is 3. The molecule has 11 heteroatoms. The molecule has 1 amide bonds. The Balaban J connectivity index is 1.18. The zero-order valence-electron chi connectivity index (χ0n) is 21.5. The second-order valence-corrected chi connectivity index (χ2v) is 9.75. The maximum absolute atomic E-state index is 13.5. The van der Waals surface area contributed by atoms with Gasteiger partial charge in [-0.25, -0.2) is 9.36 Å². The van der Waals surface area contributed by atoms with Crippen molar-refractivity contribution in [3.05, 3.63) is 125 Å². The maximum atomic E-state index is 13.5. The molecular formula is C29H25ClN8O2. The van der Waals surface area contributed by atoms with Crippen molar-refractivity contribution in [2.24, 2.45) is 0 Å². The highest BCUT2D eigenvalue weighted by Crippen LogP contribution is 2.36. The highest BCUT2D eigenvalue weighted by molar-refractivity contribution is 6.31. The number of hydrogen-bond acceptors (Lipinski definition) is 7. The van der Waals surface area contributed by atoms with Crippen LogP contribution in [0, 0.1) is 0 Å². The van der Waals surface area contributed by atoms with E-state index in [0.29, 0.717) is 40.2 Å². The number of allylic oxidation sites excluding steroid dienone is 1. The van der Waals surface area contributed by atoms with Crippen LogP contribution in [0.3, 0.4) is 0 Å². The second-order valence-electron chi connectivity index (χ2n) is 9.31. The van der Waals surface area contributed by atoms with E-state index in [9.17, 15) is 4.79 Å². The van der Waals surface area contributed by atoms with Gasteiger partial charge < -0.3 is 15.4 Å². The molecule has 1 aliphatic rings.